The van der Waals surface area contributed by atoms with Crippen molar-refractivity contribution in [1.29, 1.82) is 0 Å². The number of nitrogens with zero attached hydrogens (tertiary/aromatic N) is 1. The maximum Gasteiger partial charge on any atom is 0.222 e. The van der Waals surface area contributed by atoms with Gasteiger partial charge in [-0.05, 0) is 11.7 Å². The Hall–Kier alpha value is 0.130. The Bertz CT molecular complexity index is 190. The Morgan fingerprint density at radius 1 is 1.57 bits per heavy atom. The molecular weight excluding hydrogens is 218 g/mol. The van der Waals surface area contributed by atoms with Gasteiger partial charge in [-0.25, -0.2) is 0 Å². The van der Waals surface area contributed by atoms with Crippen molar-refractivity contribution in [2.75, 3.05) is 37.0 Å². The van der Waals surface area contributed by atoms with Crippen molar-refractivity contribution in [1.82, 2.24) is 4.90 Å². The van der Waals surface area contributed by atoms with Crippen molar-refractivity contribution >= 4 is 30.3 Å². The van der Waals surface area contributed by atoms with Crippen molar-refractivity contribution < 1.29 is 9.90 Å². The average Bonchev–Trinajstić information content (AvgIpc) is 2.54. The lowest BCUT2D eigenvalue weighted by Crippen LogP contribution is -2.27. The monoisotopic (exact) mass is 235 g/mol. The standard InChI is InChI=1S/C9H17NO2S2/c11-2-4-14-3-1-10-6-8(7-13)5-9(10)12/h8,11,13H,1-7H2. The Morgan fingerprint density at radius 3 is 2.93 bits per heavy atom. The van der Waals surface area contributed by atoms with Crippen LogP contribution in [0, 0.1) is 5.92 Å². The van der Waals surface area contributed by atoms with E-state index in [1.54, 1.807) is 11.8 Å². The van der Waals surface area contributed by atoms with Gasteiger partial charge in [0, 0.05) is 31.0 Å². The molecule has 1 saturated heterocycles. The Balaban J connectivity index is 2.15. The third-order valence-electron chi connectivity index (χ3n) is 2.29. The molecule has 1 N–H and O–H groups in total. The highest BCUT2D eigenvalue weighted by molar-refractivity contribution is 7.99. The molecule has 1 amide bonds. The normalized spacial score (nSPS) is 22.0. The van der Waals surface area contributed by atoms with Crippen LogP contribution >= 0.6 is 24.4 Å². The molecule has 1 atom stereocenters. The number of amides is 1. The molecule has 82 valence electrons. The van der Waals surface area contributed by atoms with E-state index in [0.717, 1.165) is 30.3 Å². The average molecular weight is 235 g/mol. The smallest absolute Gasteiger partial charge is 0.222 e. The fourth-order valence-electron chi connectivity index (χ4n) is 1.53. The number of hydrogen-bond donors (Lipinski definition) is 2. The lowest BCUT2D eigenvalue weighted by molar-refractivity contribution is -0.127. The van der Waals surface area contributed by atoms with Crippen molar-refractivity contribution in [3.63, 3.8) is 0 Å². The first kappa shape index (κ1) is 12.2. The van der Waals surface area contributed by atoms with E-state index in [9.17, 15) is 4.79 Å². The molecule has 1 aliphatic heterocycles. The van der Waals surface area contributed by atoms with E-state index in [-0.39, 0.29) is 12.5 Å². The summed E-state index contributed by atoms with van der Waals surface area (Å²) in [6.45, 7) is 1.90. The van der Waals surface area contributed by atoms with Gasteiger partial charge in [0.15, 0.2) is 0 Å². The lowest BCUT2D eigenvalue weighted by Gasteiger charge is -2.15. The fraction of sp³-hybridized carbons (Fsp3) is 0.889. The summed E-state index contributed by atoms with van der Waals surface area (Å²) in [5.74, 6) is 3.18. The van der Waals surface area contributed by atoms with E-state index >= 15 is 0 Å². The van der Waals surface area contributed by atoms with Gasteiger partial charge < -0.3 is 10.0 Å². The van der Waals surface area contributed by atoms with Gasteiger partial charge in [-0.15, -0.1) is 0 Å². The van der Waals surface area contributed by atoms with Gasteiger partial charge in [-0.1, -0.05) is 0 Å². The Kier molecular flexibility index (Phi) is 5.74. The number of carbonyl (C=O) groups excluding carboxylic acids is 1. The summed E-state index contributed by atoms with van der Waals surface area (Å²) in [5.41, 5.74) is 0. The zero-order valence-electron chi connectivity index (χ0n) is 8.19. The topological polar surface area (TPSA) is 40.5 Å². The molecule has 5 heteroatoms. The molecule has 1 unspecified atom stereocenters. The van der Waals surface area contributed by atoms with Crippen LogP contribution in [-0.2, 0) is 4.79 Å². The molecule has 0 spiro atoms. The molecule has 0 aromatic carbocycles. The number of aliphatic hydroxyl groups is 1. The minimum atomic E-state index is 0.220. The molecule has 0 aromatic heterocycles. The zero-order chi connectivity index (χ0) is 10.4. The van der Waals surface area contributed by atoms with Gasteiger partial charge in [0.1, 0.15) is 0 Å². The summed E-state index contributed by atoms with van der Waals surface area (Å²) in [4.78, 5) is 13.3. The molecule has 0 saturated carbocycles. The number of thioether (sulfide) groups is 1. The number of aliphatic hydroxyl groups excluding tert-OH is 1. The van der Waals surface area contributed by atoms with E-state index in [1.807, 2.05) is 4.90 Å². The van der Waals surface area contributed by atoms with Crippen LogP contribution in [0.5, 0.6) is 0 Å². The van der Waals surface area contributed by atoms with Crippen molar-refractivity contribution in [2.24, 2.45) is 5.92 Å². The number of likely N-dealkylation sites (tertiary alicyclic amines) is 1. The second-order valence-corrected chi connectivity index (χ2v) is 5.02. The molecule has 3 nitrogen and oxygen atoms in total. The molecule has 14 heavy (non-hydrogen) atoms. The zero-order valence-corrected chi connectivity index (χ0v) is 9.90. The largest absolute Gasteiger partial charge is 0.396 e. The molecule has 0 bridgehead atoms. The number of thiol groups is 1. The SMILES string of the molecule is O=C1CC(CS)CN1CCSCCO. The van der Waals surface area contributed by atoms with Crippen LogP contribution in [0.2, 0.25) is 0 Å². The summed E-state index contributed by atoms with van der Waals surface area (Å²) < 4.78 is 0. The maximum atomic E-state index is 11.4. The van der Waals surface area contributed by atoms with E-state index in [0.29, 0.717) is 12.3 Å². The summed E-state index contributed by atoms with van der Waals surface area (Å²) in [6, 6.07) is 0. The quantitative estimate of drug-likeness (QED) is 0.520. The van der Waals surface area contributed by atoms with Gasteiger partial charge >= 0.3 is 0 Å². The second kappa shape index (κ2) is 6.58. The Morgan fingerprint density at radius 2 is 2.36 bits per heavy atom. The van der Waals surface area contributed by atoms with E-state index in [1.165, 1.54) is 0 Å². The van der Waals surface area contributed by atoms with Crippen molar-refractivity contribution in [3.8, 4) is 0 Å². The van der Waals surface area contributed by atoms with Gasteiger partial charge in [0.05, 0.1) is 6.61 Å². The highest BCUT2D eigenvalue weighted by Gasteiger charge is 2.27. The summed E-state index contributed by atoms with van der Waals surface area (Å²) >= 11 is 5.89. The molecular formula is C9H17NO2S2. The first-order valence-electron chi connectivity index (χ1n) is 4.85. The predicted molar refractivity (Wildman–Crippen MR) is 63.0 cm³/mol. The van der Waals surface area contributed by atoms with Crippen LogP contribution in [0.3, 0.4) is 0 Å². The second-order valence-electron chi connectivity index (χ2n) is 3.43. The third-order valence-corrected chi connectivity index (χ3v) is 3.75. The van der Waals surface area contributed by atoms with Gasteiger partial charge in [-0.2, -0.15) is 24.4 Å². The predicted octanol–water partition coefficient (Wildman–Crippen LogP) is 0.490. The molecule has 1 fully saturated rings. The van der Waals surface area contributed by atoms with Crippen LogP contribution < -0.4 is 0 Å². The van der Waals surface area contributed by atoms with Crippen molar-refractivity contribution in [3.05, 3.63) is 0 Å². The van der Waals surface area contributed by atoms with Crippen molar-refractivity contribution in [2.45, 2.75) is 6.42 Å². The molecule has 1 rings (SSSR count). The summed E-state index contributed by atoms with van der Waals surface area (Å²) in [7, 11) is 0. The maximum absolute atomic E-state index is 11.4. The third kappa shape index (κ3) is 3.71. The number of carbonyl (C=O) groups is 1. The van der Waals surface area contributed by atoms with Crippen LogP contribution in [0.25, 0.3) is 0 Å². The van der Waals surface area contributed by atoms with Crippen LogP contribution in [0.4, 0.5) is 0 Å². The minimum Gasteiger partial charge on any atom is -0.396 e. The fourth-order valence-corrected chi connectivity index (χ4v) is 2.46. The van der Waals surface area contributed by atoms with Crippen LogP contribution in [-0.4, -0.2) is 52.9 Å². The van der Waals surface area contributed by atoms with E-state index in [2.05, 4.69) is 12.6 Å². The lowest BCUT2D eigenvalue weighted by atomic mass is 10.1. The highest BCUT2D eigenvalue weighted by Crippen LogP contribution is 2.18. The Labute approximate surface area is 94.6 Å². The van der Waals surface area contributed by atoms with Crippen LogP contribution in [0.1, 0.15) is 6.42 Å². The summed E-state index contributed by atoms with van der Waals surface area (Å²) in [5, 5.41) is 8.58. The van der Waals surface area contributed by atoms with E-state index in [4.69, 9.17) is 5.11 Å². The molecule has 0 aromatic rings. The van der Waals surface area contributed by atoms with Gasteiger partial charge in [0.25, 0.3) is 0 Å². The van der Waals surface area contributed by atoms with Crippen LogP contribution in [0.15, 0.2) is 0 Å². The van der Waals surface area contributed by atoms with E-state index < -0.39 is 0 Å². The summed E-state index contributed by atoms with van der Waals surface area (Å²) in [6.07, 6.45) is 0.661. The number of hydrogen-bond acceptors (Lipinski definition) is 4. The highest BCUT2D eigenvalue weighted by atomic mass is 32.2. The minimum absolute atomic E-state index is 0.220. The van der Waals surface area contributed by atoms with Gasteiger partial charge in [-0.3, -0.25) is 4.79 Å². The van der Waals surface area contributed by atoms with Gasteiger partial charge in [0.2, 0.25) is 5.91 Å². The molecule has 0 radical (unpaired) electrons. The first-order chi connectivity index (χ1) is 6.77. The molecule has 1 aliphatic rings. The molecule has 1 heterocycles. The first-order valence-corrected chi connectivity index (χ1v) is 6.64. The number of rotatable bonds is 6. The molecule has 0 aliphatic carbocycles.